The van der Waals surface area contributed by atoms with Crippen LogP contribution in [0.1, 0.15) is 32.8 Å². The molecular formula is C16H24FNO6S. The molecule has 1 amide bonds. The summed E-state index contributed by atoms with van der Waals surface area (Å²) in [5.74, 6) is -0.201. The van der Waals surface area contributed by atoms with Crippen molar-refractivity contribution in [1.29, 1.82) is 0 Å². The molecule has 7 nitrogen and oxygen atoms in total. The number of amides is 1. The normalized spacial score (nSPS) is 11.9. The third-order valence-electron chi connectivity index (χ3n) is 2.70. The Hall–Kier alpha value is -1.87. The van der Waals surface area contributed by atoms with E-state index in [9.17, 15) is 17.6 Å². The highest BCUT2D eigenvalue weighted by atomic mass is 32.2. The lowest BCUT2D eigenvalue weighted by atomic mass is 10.2. The van der Waals surface area contributed by atoms with E-state index < -0.39 is 27.6 Å². The van der Waals surface area contributed by atoms with Crippen molar-refractivity contribution in [3.63, 3.8) is 0 Å². The molecule has 0 bridgehead atoms. The second kappa shape index (κ2) is 9.00. The second-order valence-electron chi connectivity index (χ2n) is 6.35. The second-order valence-corrected chi connectivity index (χ2v) is 7.99. The van der Waals surface area contributed by atoms with Gasteiger partial charge in [0.2, 0.25) is 0 Å². The van der Waals surface area contributed by atoms with Crippen LogP contribution in [0.4, 0.5) is 9.18 Å². The predicted molar refractivity (Wildman–Crippen MR) is 90.4 cm³/mol. The van der Waals surface area contributed by atoms with Crippen molar-refractivity contribution in [3.05, 3.63) is 29.6 Å². The van der Waals surface area contributed by atoms with E-state index in [0.717, 1.165) is 12.3 Å². The molecule has 1 aromatic rings. The first-order chi connectivity index (χ1) is 11.5. The summed E-state index contributed by atoms with van der Waals surface area (Å²) in [6.07, 6.45) is 0.884. The van der Waals surface area contributed by atoms with Crippen molar-refractivity contribution in [2.75, 3.05) is 19.4 Å². The molecule has 0 spiro atoms. The van der Waals surface area contributed by atoms with Crippen LogP contribution in [0.5, 0.6) is 5.75 Å². The van der Waals surface area contributed by atoms with E-state index in [1.807, 2.05) is 0 Å². The average Bonchev–Trinajstić information content (AvgIpc) is 2.43. The molecule has 0 saturated heterocycles. The van der Waals surface area contributed by atoms with Gasteiger partial charge >= 0.3 is 6.09 Å². The number of nitrogens with one attached hydrogen (secondary N) is 1. The van der Waals surface area contributed by atoms with Crippen LogP contribution in [-0.2, 0) is 25.6 Å². The minimum Gasteiger partial charge on any atom is -0.493 e. The largest absolute Gasteiger partial charge is 0.493 e. The van der Waals surface area contributed by atoms with Gasteiger partial charge in [-0.25, -0.2) is 9.18 Å². The van der Waals surface area contributed by atoms with Crippen LogP contribution in [0.15, 0.2) is 18.2 Å². The minimum atomic E-state index is -3.65. The lowest BCUT2D eigenvalue weighted by molar-refractivity contribution is 0.0525. The van der Waals surface area contributed by atoms with Crippen LogP contribution < -0.4 is 10.1 Å². The lowest BCUT2D eigenvalue weighted by Gasteiger charge is -2.19. The SMILES string of the molecule is CC(C)(C)OC(=O)NCCCOc1ccc(F)cc1COS(C)(=O)=O. The van der Waals surface area contributed by atoms with Gasteiger partial charge in [-0.3, -0.25) is 4.18 Å². The van der Waals surface area contributed by atoms with Crippen molar-refractivity contribution in [1.82, 2.24) is 5.32 Å². The van der Waals surface area contributed by atoms with Crippen LogP contribution in [0, 0.1) is 5.82 Å². The number of carbonyl (C=O) groups is 1. The summed E-state index contributed by atoms with van der Waals surface area (Å²) < 4.78 is 50.7. The summed E-state index contributed by atoms with van der Waals surface area (Å²) in [7, 11) is -3.65. The Balaban J connectivity index is 2.45. The van der Waals surface area contributed by atoms with E-state index in [1.165, 1.54) is 12.1 Å². The number of benzene rings is 1. The average molecular weight is 377 g/mol. The maximum absolute atomic E-state index is 13.3. The number of alkyl carbamates (subject to hydrolysis) is 1. The van der Waals surface area contributed by atoms with E-state index >= 15 is 0 Å². The lowest BCUT2D eigenvalue weighted by Crippen LogP contribution is -2.33. The highest BCUT2D eigenvalue weighted by Crippen LogP contribution is 2.21. The summed E-state index contributed by atoms with van der Waals surface area (Å²) in [6.45, 7) is 5.57. The molecule has 0 heterocycles. The Bertz CT molecular complexity index is 684. The van der Waals surface area contributed by atoms with E-state index in [2.05, 4.69) is 9.50 Å². The number of hydrogen-bond acceptors (Lipinski definition) is 6. The number of rotatable bonds is 8. The number of ether oxygens (including phenoxy) is 2. The van der Waals surface area contributed by atoms with Gasteiger partial charge in [-0.1, -0.05) is 0 Å². The topological polar surface area (TPSA) is 90.9 Å². The van der Waals surface area contributed by atoms with E-state index in [4.69, 9.17) is 9.47 Å². The number of hydrogen-bond donors (Lipinski definition) is 1. The Morgan fingerprint density at radius 1 is 1.28 bits per heavy atom. The molecule has 0 saturated carbocycles. The van der Waals surface area contributed by atoms with E-state index in [-0.39, 0.29) is 18.8 Å². The van der Waals surface area contributed by atoms with Gasteiger partial charge in [-0.15, -0.1) is 0 Å². The van der Waals surface area contributed by atoms with E-state index in [0.29, 0.717) is 18.7 Å². The molecule has 0 fully saturated rings. The van der Waals surface area contributed by atoms with Crippen molar-refractivity contribution in [3.8, 4) is 5.75 Å². The maximum atomic E-state index is 13.3. The van der Waals surface area contributed by atoms with Crippen molar-refractivity contribution < 1.29 is 31.3 Å². The van der Waals surface area contributed by atoms with Crippen LogP contribution in [0.3, 0.4) is 0 Å². The molecule has 0 aromatic heterocycles. The monoisotopic (exact) mass is 377 g/mol. The number of carbonyl (C=O) groups excluding carboxylic acids is 1. The molecule has 0 atom stereocenters. The summed E-state index contributed by atoms with van der Waals surface area (Å²) in [5.41, 5.74) is -0.283. The van der Waals surface area contributed by atoms with Gasteiger partial charge in [0.15, 0.2) is 0 Å². The first-order valence-corrected chi connectivity index (χ1v) is 9.50. The third-order valence-corrected chi connectivity index (χ3v) is 3.24. The first-order valence-electron chi connectivity index (χ1n) is 7.69. The third kappa shape index (κ3) is 9.88. The Morgan fingerprint density at radius 2 is 1.96 bits per heavy atom. The predicted octanol–water partition coefficient (Wildman–Crippen LogP) is 2.60. The zero-order valence-corrected chi connectivity index (χ0v) is 15.6. The van der Waals surface area contributed by atoms with Crippen LogP contribution >= 0.6 is 0 Å². The molecule has 1 aromatic carbocycles. The molecule has 0 aliphatic heterocycles. The molecular weight excluding hydrogens is 353 g/mol. The quantitative estimate of drug-likeness (QED) is 0.553. The Labute approximate surface area is 147 Å². The summed E-state index contributed by atoms with van der Waals surface area (Å²) >= 11 is 0. The molecule has 9 heteroatoms. The van der Waals surface area contributed by atoms with E-state index in [1.54, 1.807) is 20.8 Å². The van der Waals surface area contributed by atoms with Crippen molar-refractivity contribution in [2.24, 2.45) is 0 Å². The molecule has 0 aliphatic carbocycles. The maximum Gasteiger partial charge on any atom is 0.407 e. The fourth-order valence-electron chi connectivity index (χ4n) is 1.73. The summed E-state index contributed by atoms with van der Waals surface area (Å²) in [5, 5.41) is 2.59. The molecule has 1 N–H and O–H groups in total. The molecule has 0 unspecified atom stereocenters. The minimum absolute atomic E-state index is 0.243. The molecule has 0 aliphatic rings. The van der Waals surface area contributed by atoms with Gasteiger partial charge in [0.05, 0.1) is 19.5 Å². The van der Waals surface area contributed by atoms with Gasteiger partial charge in [-0.2, -0.15) is 8.42 Å². The fourth-order valence-corrected chi connectivity index (χ4v) is 2.07. The zero-order valence-electron chi connectivity index (χ0n) is 14.8. The van der Waals surface area contributed by atoms with Crippen molar-refractivity contribution >= 4 is 16.2 Å². The van der Waals surface area contributed by atoms with Gasteiger partial charge in [0.1, 0.15) is 17.2 Å². The highest BCUT2D eigenvalue weighted by Gasteiger charge is 2.15. The molecule has 0 radical (unpaired) electrons. The summed E-state index contributed by atoms with van der Waals surface area (Å²) in [4.78, 5) is 11.5. The highest BCUT2D eigenvalue weighted by molar-refractivity contribution is 7.85. The first kappa shape index (κ1) is 21.2. The Morgan fingerprint density at radius 3 is 2.56 bits per heavy atom. The smallest absolute Gasteiger partial charge is 0.407 e. The van der Waals surface area contributed by atoms with Gasteiger partial charge in [0, 0.05) is 12.1 Å². The number of halogens is 1. The molecule has 25 heavy (non-hydrogen) atoms. The molecule has 1 rings (SSSR count). The standard InChI is InChI=1S/C16H24FNO6S/c1-16(2,3)24-15(19)18-8-5-9-22-14-7-6-13(17)10-12(14)11-23-25(4,20)21/h6-7,10H,5,8-9,11H2,1-4H3,(H,18,19). The van der Waals surface area contributed by atoms with Gasteiger partial charge in [-0.05, 0) is 45.4 Å². The van der Waals surface area contributed by atoms with Crippen LogP contribution in [-0.4, -0.2) is 39.5 Å². The van der Waals surface area contributed by atoms with Crippen molar-refractivity contribution in [2.45, 2.75) is 39.4 Å². The van der Waals surface area contributed by atoms with Gasteiger partial charge in [0.25, 0.3) is 10.1 Å². The molecule has 142 valence electrons. The fraction of sp³-hybridized carbons (Fsp3) is 0.562. The zero-order chi connectivity index (χ0) is 19.1. The van der Waals surface area contributed by atoms with Crippen LogP contribution in [0.25, 0.3) is 0 Å². The Kier molecular flexibility index (Phi) is 7.62. The van der Waals surface area contributed by atoms with Gasteiger partial charge < -0.3 is 14.8 Å². The summed E-state index contributed by atoms with van der Waals surface area (Å²) in [6, 6.07) is 3.76. The van der Waals surface area contributed by atoms with Crippen LogP contribution in [0.2, 0.25) is 0 Å².